The minimum absolute atomic E-state index is 0.0657. The molecule has 0 saturated carbocycles. The molecule has 0 aliphatic rings. The van der Waals surface area contributed by atoms with Gasteiger partial charge in [0, 0.05) is 6.04 Å². The molecule has 0 aromatic heterocycles. The first-order valence-corrected chi connectivity index (χ1v) is 5.29. The molecule has 1 aromatic rings. The molecule has 0 aliphatic carbocycles. The van der Waals surface area contributed by atoms with Crippen LogP contribution in [0.15, 0.2) is 36.9 Å². The predicted molar refractivity (Wildman–Crippen MR) is 65.9 cm³/mol. The first-order chi connectivity index (χ1) is 7.54. The Morgan fingerprint density at radius 1 is 1.44 bits per heavy atom. The van der Waals surface area contributed by atoms with E-state index in [4.69, 9.17) is 5.73 Å². The third-order valence-corrected chi connectivity index (χ3v) is 2.44. The van der Waals surface area contributed by atoms with Crippen molar-refractivity contribution in [2.75, 3.05) is 0 Å². The van der Waals surface area contributed by atoms with Crippen LogP contribution in [0.4, 0.5) is 0 Å². The zero-order chi connectivity index (χ0) is 12.1. The molecule has 2 unspecified atom stereocenters. The van der Waals surface area contributed by atoms with Gasteiger partial charge in [-0.05, 0) is 19.4 Å². The van der Waals surface area contributed by atoms with Gasteiger partial charge < -0.3 is 11.1 Å². The molecule has 3 N–H and O–H groups in total. The zero-order valence-electron chi connectivity index (χ0n) is 9.73. The molecule has 1 aromatic carbocycles. The highest BCUT2D eigenvalue weighted by Crippen LogP contribution is 2.11. The average molecular weight is 218 g/mol. The summed E-state index contributed by atoms with van der Waals surface area (Å²) in [6, 6.07) is 6.95. The highest BCUT2D eigenvalue weighted by Gasteiger charge is 2.16. The SMILES string of the molecule is C=CC(C)NC(=O)C(N)c1ccc(C)cc1. The number of benzene rings is 1. The fourth-order valence-electron chi connectivity index (χ4n) is 1.30. The van der Waals surface area contributed by atoms with Crippen LogP contribution in [0.2, 0.25) is 0 Å². The van der Waals surface area contributed by atoms with E-state index in [0.717, 1.165) is 11.1 Å². The summed E-state index contributed by atoms with van der Waals surface area (Å²) in [5, 5.41) is 2.76. The van der Waals surface area contributed by atoms with Crippen molar-refractivity contribution in [3.8, 4) is 0 Å². The minimum Gasteiger partial charge on any atom is -0.349 e. The molecule has 0 fully saturated rings. The van der Waals surface area contributed by atoms with Crippen LogP contribution in [-0.2, 0) is 4.79 Å². The van der Waals surface area contributed by atoms with E-state index in [0.29, 0.717) is 0 Å². The zero-order valence-corrected chi connectivity index (χ0v) is 9.73. The topological polar surface area (TPSA) is 55.1 Å². The van der Waals surface area contributed by atoms with Gasteiger partial charge in [-0.2, -0.15) is 0 Å². The number of aryl methyl sites for hydroxylation is 1. The van der Waals surface area contributed by atoms with Crippen molar-refractivity contribution in [1.82, 2.24) is 5.32 Å². The third kappa shape index (κ3) is 3.21. The summed E-state index contributed by atoms with van der Waals surface area (Å²) in [5.74, 6) is -0.184. The summed E-state index contributed by atoms with van der Waals surface area (Å²) in [5.41, 5.74) is 7.81. The predicted octanol–water partition coefficient (Wildman–Crippen LogP) is 1.69. The van der Waals surface area contributed by atoms with Gasteiger partial charge in [0.15, 0.2) is 0 Å². The monoisotopic (exact) mass is 218 g/mol. The quantitative estimate of drug-likeness (QED) is 0.755. The van der Waals surface area contributed by atoms with Gasteiger partial charge in [0.2, 0.25) is 5.91 Å². The van der Waals surface area contributed by atoms with Crippen LogP contribution >= 0.6 is 0 Å². The van der Waals surface area contributed by atoms with Gasteiger partial charge in [0.05, 0.1) is 0 Å². The fourth-order valence-corrected chi connectivity index (χ4v) is 1.30. The second kappa shape index (κ2) is 5.47. The molecular formula is C13H18N2O. The molecule has 3 nitrogen and oxygen atoms in total. The molecule has 0 spiro atoms. The maximum absolute atomic E-state index is 11.7. The first kappa shape index (κ1) is 12.5. The molecule has 86 valence electrons. The fraction of sp³-hybridized carbons (Fsp3) is 0.308. The molecule has 3 heteroatoms. The Morgan fingerprint density at radius 2 is 2.00 bits per heavy atom. The second-order valence-electron chi connectivity index (χ2n) is 3.92. The lowest BCUT2D eigenvalue weighted by molar-refractivity contribution is -0.122. The molecule has 0 saturated heterocycles. The van der Waals surface area contributed by atoms with E-state index in [1.807, 2.05) is 38.1 Å². The summed E-state index contributed by atoms with van der Waals surface area (Å²) >= 11 is 0. The van der Waals surface area contributed by atoms with Crippen molar-refractivity contribution < 1.29 is 4.79 Å². The van der Waals surface area contributed by atoms with E-state index < -0.39 is 6.04 Å². The Balaban J connectivity index is 2.70. The van der Waals surface area contributed by atoms with Crippen LogP contribution in [0.3, 0.4) is 0 Å². The lowest BCUT2D eigenvalue weighted by Gasteiger charge is -2.15. The van der Waals surface area contributed by atoms with Crippen LogP contribution in [0.1, 0.15) is 24.1 Å². The van der Waals surface area contributed by atoms with Crippen molar-refractivity contribution in [2.45, 2.75) is 25.9 Å². The molecule has 0 radical (unpaired) electrons. The molecule has 16 heavy (non-hydrogen) atoms. The second-order valence-corrected chi connectivity index (χ2v) is 3.92. The van der Waals surface area contributed by atoms with Crippen molar-refractivity contribution in [3.05, 3.63) is 48.0 Å². The third-order valence-electron chi connectivity index (χ3n) is 2.44. The molecular weight excluding hydrogens is 200 g/mol. The normalized spacial score (nSPS) is 13.9. The van der Waals surface area contributed by atoms with Gasteiger partial charge in [0.25, 0.3) is 0 Å². The van der Waals surface area contributed by atoms with Gasteiger partial charge in [-0.25, -0.2) is 0 Å². The Labute approximate surface area is 96.3 Å². The van der Waals surface area contributed by atoms with Crippen molar-refractivity contribution in [1.29, 1.82) is 0 Å². The van der Waals surface area contributed by atoms with Gasteiger partial charge >= 0.3 is 0 Å². The van der Waals surface area contributed by atoms with Crippen LogP contribution in [0, 0.1) is 6.92 Å². The van der Waals surface area contributed by atoms with Crippen molar-refractivity contribution in [2.24, 2.45) is 5.73 Å². The smallest absolute Gasteiger partial charge is 0.241 e. The molecule has 0 bridgehead atoms. The Hall–Kier alpha value is -1.61. The maximum atomic E-state index is 11.7. The first-order valence-electron chi connectivity index (χ1n) is 5.29. The van der Waals surface area contributed by atoms with E-state index in [9.17, 15) is 4.79 Å². The van der Waals surface area contributed by atoms with Gasteiger partial charge in [-0.3, -0.25) is 4.79 Å². The number of hydrogen-bond donors (Lipinski definition) is 2. The van der Waals surface area contributed by atoms with E-state index in [1.54, 1.807) is 6.08 Å². The van der Waals surface area contributed by atoms with Crippen LogP contribution < -0.4 is 11.1 Å². The number of carbonyl (C=O) groups excluding carboxylic acids is 1. The van der Waals surface area contributed by atoms with Crippen molar-refractivity contribution >= 4 is 5.91 Å². The lowest BCUT2D eigenvalue weighted by atomic mass is 10.1. The van der Waals surface area contributed by atoms with Crippen LogP contribution in [-0.4, -0.2) is 11.9 Å². The number of amides is 1. The Kier molecular flexibility index (Phi) is 4.26. The average Bonchev–Trinajstić information content (AvgIpc) is 2.28. The van der Waals surface area contributed by atoms with Crippen molar-refractivity contribution in [3.63, 3.8) is 0 Å². The molecule has 2 atom stereocenters. The van der Waals surface area contributed by atoms with E-state index in [1.165, 1.54) is 0 Å². The van der Waals surface area contributed by atoms with Gasteiger partial charge in [0.1, 0.15) is 6.04 Å². The number of nitrogens with two attached hydrogens (primary N) is 1. The Morgan fingerprint density at radius 3 is 2.50 bits per heavy atom. The molecule has 1 amide bonds. The van der Waals surface area contributed by atoms with Gasteiger partial charge in [-0.1, -0.05) is 35.9 Å². The van der Waals surface area contributed by atoms with Crippen LogP contribution in [0.25, 0.3) is 0 Å². The number of carbonyl (C=O) groups is 1. The molecule has 1 rings (SSSR count). The summed E-state index contributed by atoms with van der Waals surface area (Å²) < 4.78 is 0. The summed E-state index contributed by atoms with van der Waals surface area (Å²) in [6.07, 6.45) is 1.67. The number of hydrogen-bond acceptors (Lipinski definition) is 2. The van der Waals surface area contributed by atoms with E-state index in [-0.39, 0.29) is 11.9 Å². The standard InChI is InChI=1S/C13H18N2O/c1-4-10(3)15-13(16)12(14)11-7-5-9(2)6-8-11/h4-8,10,12H,1,14H2,2-3H3,(H,15,16). The van der Waals surface area contributed by atoms with Crippen LogP contribution in [0.5, 0.6) is 0 Å². The Bertz CT molecular complexity index is 370. The number of nitrogens with one attached hydrogen (secondary N) is 1. The van der Waals surface area contributed by atoms with Gasteiger partial charge in [-0.15, -0.1) is 6.58 Å². The minimum atomic E-state index is -0.622. The highest BCUT2D eigenvalue weighted by molar-refractivity contribution is 5.83. The summed E-state index contributed by atoms with van der Waals surface area (Å²) in [7, 11) is 0. The maximum Gasteiger partial charge on any atom is 0.241 e. The molecule has 0 heterocycles. The largest absolute Gasteiger partial charge is 0.349 e. The lowest BCUT2D eigenvalue weighted by Crippen LogP contribution is -2.38. The summed E-state index contributed by atoms with van der Waals surface area (Å²) in [4.78, 5) is 11.7. The number of rotatable bonds is 4. The summed E-state index contributed by atoms with van der Waals surface area (Å²) in [6.45, 7) is 7.45. The molecule has 0 aliphatic heterocycles. The van der Waals surface area contributed by atoms with E-state index >= 15 is 0 Å². The van der Waals surface area contributed by atoms with E-state index in [2.05, 4.69) is 11.9 Å². The highest BCUT2D eigenvalue weighted by atomic mass is 16.2.